The van der Waals surface area contributed by atoms with Crippen LogP contribution < -0.4 is 25.5 Å². The number of para-hydroxylation sites is 2. The summed E-state index contributed by atoms with van der Waals surface area (Å²) in [6, 6.07) is 47.2. The molecule has 75 heavy (non-hydrogen) atoms. The number of carbonyl (C=O) groups is 3. The van der Waals surface area contributed by atoms with Gasteiger partial charge in [0.25, 0.3) is 5.91 Å². The molecule has 0 bridgehead atoms. The Bertz CT molecular complexity index is 3550. The zero-order valence-electron chi connectivity index (χ0n) is 42.4. The van der Waals surface area contributed by atoms with Crippen molar-refractivity contribution in [2.45, 2.75) is 75.5 Å². The number of nitrogens with one attached hydrogen (secondary N) is 4. The molecule has 1 spiro atoms. The highest BCUT2D eigenvalue weighted by Gasteiger charge is 2.66. The summed E-state index contributed by atoms with van der Waals surface area (Å²) in [7, 11) is -0.894. The zero-order chi connectivity index (χ0) is 51.8. The van der Waals surface area contributed by atoms with E-state index in [0.29, 0.717) is 41.3 Å². The molecule has 3 aromatic heterocycles. The number of aromatic nitrogens is 5. The van der Waals surface area contributed by atoms with Gasteiger partial charge in [-0.05, 0) is 88.8 Å². The first-order chi connectivity index (χ1) is 36.4. The van der Waals surface area contributed by atoms with Gasteiger partial charge in [-0.2, -0.15) is 0 Å². The number of methoxy groups -OCH3 is 1. The lowest BCUT2D eigenvalue weighted by atomic mass is 9.82. The van der Waals surface area contributed by atoms with Crippen LogP contribution in [0.15, 0.2) is 164 Å². The molecule has 0 saturated carbocycles. The molecule has 11 rings (SSSR count). The molecule has 2 aliphatic rings. The second-order valence-corrected chi connectivity index (χ2v) is 25.2. The standard InChI is InChI=1S/C60H60N8O6Si/c1-38-58(75(3,4)46-24-22-45(73-2)23-25-46)55(27-28-67-36-53(65-66-67)49(37-69)40-14-6-5-7-15-40)74-60(38)50-32-44(64-57(71)31-42-34-62-52-20-11-9-18-48(42)52)21-26-54(50)68(59(60)72)35-39-13-12-16-43(29-39)63-56(70)30-41-33-61-51-19-10-8-17-47(41)51/h5-26,29,32-34,36,38,49,55,58,61-62,69H,27-28,30-31,35,37H2,1-4H3,(H,63,70)(H,64,71)/t38-,49?,55+,58-,60+/m1/s1. The van der Waals surface area contributed by atoms with E-state index in [1.54, 1.807) is 12.0 Å². The van der Waals surface area contributed by atoms with Gasteiger partial charge >= 0.3 is 0 Å². The number of fused-ring (bicyclic) bond motifs is 4. The Morgan fingerprint density at radius 1 is 0.800 bits per heavy atom. The van der Waals surface area contributed by atoms with Crippen LogP contribution in [0.3, 0.4) is 0 Å². The number of carbonyl (C=O) groups excluding carboxylic acids is 3. The van der Waals surface area contributed by atoms with E-state index in [4.69, 9.17) is 9.47 Å². The lowest BCUT2D eigenvalue weighted by molar-refractivity contribution is -0.146. The molecule has 1 fully saturated rings. The molecule has 5 heterocycles. The van der Waals surface area contributed by atoms with Gasteiger partial charge in [-0.15, -0.1) is 5.10 Å². The molecular weight excluding hydrogens is 957 g/mol. The molecule has 15 heteroatoms. The number of aromatic amines is 2. The van der Waals surface area contributed by atoms with Gasteiger partial charge in [-0.1, -0.05) is 121 Å². The van der Waals surface area contributed by atoms with Gasteiger partial charge in [0.1, 0.15) is 5.75 Å². The minimum absolute atomic E-state index is 0.0871. The van der Waals surface area contributed by atoms with Gasteiger partial charge in [0.15, 0.2) is 5.60 Å². The maximum atomic E-state index is 16.0. The Kier molecular flexibility index (Phi) is 13.3. The largest absolute Gasteiger partial charge is 0.497 e. The number of anilines is 3. The molecule has 0 radical (unpaired) electrons. The van der Waals surface area contributed by atoms with Crippen molar-refractivity contribution in [3.8, 4) is 5.75 Å². The fourth-order valence-electron chi connectivity index (χ4n) is 12.0. The number of aliphatic hydroxyl groups excluding tert-OH is 1. The molecule has 0 aliphatic carbocycles. The molecule has 5 N–H and O–H groups in total. The van der Waals surface area contributed by atoms with Crippen LogP contribution in [0.4, 0.5) is 17.1 Å². The number of H-pyrrole nitrogens is 2. The number of amides is 3. The molecular formula is C60H60N8O6Si. The lowest BCUT2D eigenvalue weighted by Crippen LogP contribution is -2.51. The van der Waals surface area contributed by atoms with E-state index in [0.717, 1.165) is 49.8 Å². The normalized spacial score (nSPS) is 18.7. The van der Waals surface area contributed by atoms with Gasteiger partial charge in [0, 0.05) is 69.8 Å². The Morgan fingerprint density at radius 2 is 1.44 bits per heavy atom. The van der Waals surface area contributed by atoms with Crippen molar-refractivity contribution in [2.24, 2.45) is 5.92 Å². The molecule has 14 nitrogen and oxygen atoms in total. The van der Waals surface area contributed by atoms with E-state index in [1.807, 2.05) is 157 Å². The number of hydrogen-bond donors (Lipinski definition) is 5. The quantitative estimate of drug-likeness (QED) is 0.0560. The minimum Gasteiger partial charge on any atom is -0.497 e. The molecule has 380 valence electrons. The topological polar surface area (TPSA) is 179 Å². The maximum absolute atomic E-state index is 16.0. The highest BCUT2D eigenvalue weighted by molar-refractivity contribution is 6.91. The van der Waals surface area contributed by atoms with Crippen LogP contribution >= 0.6 is 0 Å². The second-order valence-electron chi connectivity index (χ2n) is 20.5. The summed E-state index contributed by atoms with van der Waals surface area (Å²) in [6.07, 6.45) is 6.10. The smallest absolute Gasteiger partial charge is 0.264 e. The third-order valence-corrected chi connectivity index (χ3v) is 20.0. The van der Waals surface area contributed by atoms with Crippen LogP contribution in [0.5, 0.6) is 5.75 Å². The van der Waals surface area contributed by atoms with Crippen molar-refractivity contribution >= 4 is 69.9 Å². The highest BCUT2D eigenvalue weighted by atomic mass is 28.3. The van der Waals surface area contributed by atoms with E-state index in [1.165, 1.54) is 5.19 Å². The molecule has 3 amide bonds. The molecule has 5 atom stereocenters. The average molecular weight is 1020 g/mol. The van der Waals surface area contributed by atoms with E-state index in [-0.39, 0.29) is 61.1 Å². The fourth-order valence-corrected chi connectivity index (χ4v) is 16.0. The second kappa shape index (κ2) is 20.3. The van der Waals surface area contributed by atoms with E-state index < -0.39 is 19.8 Å². The molecule has 1 unspecified atom stereocenters. The number of benzene rings is 6. The van der Waals surface area contributed by atoms with Crippen LogP contribution in [0.25, 0.3) is 21.8 Å². The van der Waals surface area contributed by atoms with Crippen LogP contribution in [0, 0.1) is 5.92 Å². The molecule has 2 aliphatic heterocycles. The van der Waals surface area contributed by atoms with Crippen molar-refractivity contribution in [1.29, 1.82) is 0 Å². The minimum atomic E-state index is -2.56. The highest BCUT2D eigenvalue weighted by Crippen LogP contribution is 2.60. The summed E-state index contributed by atoms with van der Waals surface area (Å²) in [4.78, 5) is 51.8. The molecule has 1 saturated heterocycles. The Hall–Kier alpha value is -8.11. The van der Waals surface area contributed by atoms with Crippen molar-refractivity contribution in [3.63, 3.8) is 0 Å². The van der Waals surface area contributed by atoms with Crippen LogP contribution in [-0.4, -0.2) is 75.7 Å². The summed E-state index contributed by atoms with van der Waals surface area (Å²) < 4.78 is 14.9. The first-order valence-corrected chi connectivity index (χ1v) is 28.6. The van der Waals surface area contributed by atoms with Gasteiger partial charge in [0.05, 0.1) is 64.6 Å². The summed E-state index contributed by atoms with van der Waals surface area (Å²) >= 11 is 0. The predicted octanol–water partition coefficient (Wildman–Crippen LogP) is 9.59. The number of aryl methyl sites for hydroxylation is 1. The van der Waals surface area contributed by atoms with Crippen molar-refractivity contribution in [2.75, 3.05) is 29.3 Å². The van der Waals surface area contributed by atoms with E-state index in [9.17, 15) is 14.7 Å². The van der Waals surface area contributed by atoms with Crippen molar-refractivity contribution in [1.82, 2.24) is 25.0 Å². The first-order valence-electron chi connectivity index (χ1n) is 25.6. The average Bonchev–Trinajstić information content (AvgIpc) is 4.26. The van der Waals surface area contributed by atoms with E-state index >= 15 is 4.79 Å². The van der Waals surface area contributed by atoms with Gasteiger partial charge in [-0.25, -0.2) is 0 Å². The fraction of sp³-hybridized carbons (Fsp3) is 0.250. The number of aliphatic hydroxyl groups is 1. The Labute approximate surface area is 436 Å². The van der Waals surface area contributed by atoms with Crippen molar-refractivity contribution in [3.05, 3.63) is 198 Å². The number of hydrogen-bond acceptors (Lipinski definition) is 8. The predicted molar refractivity (Wildman–Crippen MR) is 295 cm³/mol. The SMILES string of the molecule is COc1ccc([Si](C)(C)[C@H]2[C@H](CCn3cc(C(CO)c4ccccc4)nn3)O[C@@]3(C(=O)N(Cc4cccc(NC(=O)Cc5c[nH]c6ccccc56)c4)c4ccc(NC(=O)Cc5c[nH]c6ccccc56)cc43)[C@@H]2C)cc1. The number of nitrogens with zero attached hydrogens (tertiary/aromatic N) is 4. The number of ether oxygens (including phenoxy) is 2. The zero-order valence-corrected chi connectivity index (χ0v) is 43.4. The van der Waals surface area contributed by atoms with Crippen LogP contribution in [0.2, 0.25) is 18.6 Å². The monoisotopic (exact) mass is 1020 g/mol. The molecule has 6 aromatic carbocycles. The van der Waals surface area contributed by atoms with Crippen molar-refractivity contribution < 1.29 is 29.0 Å². The first kappa shape index (κ1) is 49.1. The summed E-state index contributed by atoms with van der Waals surface area (Å²) in [5, 5.41) is 29.0. The van der Waals surface area contributed by atoms with Gasteiger partial charge < -0.3 is 40.1 Å². The summed E-state index contributed by atoms with van der Waals surface area (Å²) in [6.45, 7) is 7.38. The van der Waals surface area contributed by atoms with Crippen LogP contribution in [-0.2, 0) is 50.7 Å². The third-order valence-electron chi connectivity index (χ3n) is 15.7. The summed E-state index contributed by atoms with van der Waals surface area (Å²) in [5.74, 6) is -0.441. The van der Waals surface area contributed by atoms with E-state index in [2.05, 4.69) is 63.1 Å². The Balaban J connectivity index is 0.935. The Morgan fingerprint density at radius 3 is 2.09 bits per heavy atom. The summed E-state index contributed by atoms with van der Waals surface area (Å²) in [5.41, 5.74) is 7.18. The maximum Gasteiger partial charge on any atom is 0.264 e. The number of rotatable bonds is 17. The molecule has 9 aromatic rings. The lowest BCUT2D eigenvalue weighted by Gasteiger charge is -2.37. The van der Waals surface area contributed by atoms with Crippen LogP contribution in [0.1, 0.15) is 52.8 Å². The third kappa shape index (κ3) is 9.32. The van der Waals surface area contributed by atoms with Gasteiger partial charge in [-0.3, -0.25) is 19.1 Å². The van der Waals surface area contributed by atoms with Gasteiger partial charge in [0.2, 0.25) is 11.8 Å².